The molecule has 1 amide bonds. The fourth-order valence-corrected chi connectivity index (χ4v) is 3.69. The number of fused-ring (bicyclic) bond motifs is 1. The van der Waals surface area contributed by atoms with Gasteiger partial charge < -0.3 is 26.4 Å². The van der Waals surface area contributed by atoms with Crippen molar-refractivity contribution < 1.29 is 29.7 Å². The number of nitrogens with one attached hydrogen (secondary N) is 1. The summed E-state index contributed by atoms with van der Waals surface area (Å²) in [5, 5.41) is 30.4. The summed E-state index contributed by atoms with van der Waals surface area (Å²) in [5.41, 5.74) is 4.54. The summed E-state index contributed by atoms with van der Waals surface area (Å²) in [6.45, 7) is 0. The summed E-state index contributed by atoms with van der Waals surface area (Å²) in [6, 6.07) is 4.95. The van der Waals surface area contributed by atoms with Gasteiger partial charge in [0.1, 0.15) is 11.3 Å². The number of phenols is 1. The van der Waals surface area contributed by atoms with Crippen molar-refractivity contribution in [1.82, 2.24) is 5.32 Å². The Kier molecular flexibility index (Phi) is 3.29. The van der Waals surface area contributed by atoms with Gasteiger partial charge in [-0.05, 0) is 36.6 Å². The molecule has 2 fully saturated rings. The Morgan fingerprint density at radius 2 is 1.78 bits per heavy atom. The third-order valence-electron chi connectivity index (χ3n) is 4.82. The highest BCUT2D eigenvalue weighted by Crippen LogP contribution is 2.61. The van der Waals surface area contributed by atoms with Crippen LogP contribution in [0.5, 0.6) is 5.75 Å². The van der Waals surface area contributed by atoms with Gasteiger partial charge in [0.2, 0.25) is 0 Å². The van der Waals surface area contributed by atoms with Crippen molar-refractivity contribution in [2.75, 3.05) is 0 Å². The third-order valence-corrected chi connectivity index (χ3v) is 4.82. The molecule has 2 saturated carbocycles. The number of amides is 1. The molecule has 6 N–H and O–H groups in total. The molecule has 8 heteroatoms. The zero-order valence-corrected chi connectivity index (χ0v) is 12.0. The van der Waals surface area contributed by atoms with Crippen LogP contribution in [0, 0.1) is 17.8 Å². The number of aliphatic carboxylic acids is 2. The van der Waals surface area contributed by atoms with Gasteiger partial charge in [0, 0.05) is 17.5 Å². The molecule has 0 radical (unpaired) electrons. The molecule has 8 nitrogen and oxygen atoms in total. The molecule has 0 aliphatic heterocycles. The average molecular weight is 320 g/mol. The van der Waals surface area contributed by atoms with Crippen LogP contribution in [0.25, 0.3) is 0 Å². The molecule has 2 aliphatic rings. The van der Waals surface area contributed by atoms with Crippen LogP contribution in [0.3, 0.4) is 0 Å². The molecule has 0 saturated heterocycles. The number of hydrogen-bond acceptors (Lipinski definition) is 5. The molecular weight excluding hydrogens is 304 g/mol. The molecule has 0 bridgehead atoms. The van der Waals surface area contributed by atoms with Crippen molar-refractivity contribution in [3.05, 3.63) is 29.8 Å². The van der Waals surface area contributed by atoms with Crippen LogP contribution in [0.4, 0.5) is 0 Å². The Morgan fingerprint density at radius 1 is 1.17 bits per heavy atom. The van der Waals surface area contributed by atoms with Gasteiger partial charge >= 0.3 is 11.9 Å². The van der Waals surface area contributed by atoms with E-state index in [0.29, 0.717) is 0 Å². The van der Waals surface area contributed by atoms with E-state index in [1.54, 1.807) is 0 Å². The average Bonchev–Trinajstić information content (AvgIpc) is 3.16. The van der Waals surface area contributed by atoms with Crippen LogP contribution in [-0.2, 0) is 9.59 Å². The van der Waals surface area contributed by atoms with Crippen LogP contribution in [-0.4, -0.2) is 44.7 Å². The molecule has 122 valence electrons. The fourth-order valence-electron chi connectivity index (χ4n) is 3.69. The fraction of sp³-hybridized carbons (Fsp3) is 0.400. The first-order valence-corrected chi connectivity index (χ1v) is 7.10. The first kappa shape index (κ1) is 15.3. The summed E-state index contributed by atoms with van der Waals surface area (Å²) in [6.07, 6.45) is -0.00866. The van der Waals surface area contributed by atoms with E-state index in [4.69, 9.17) is 5.73 Å². The van der Waals surface area contributed by atoms with Gasteiger partial charge in [0.25, 0.3) is 5.91 Å². The molecule has 5 atom stereocenters. The minimum atomic E-state index is -1.64. The zero-order chi connectivity index (χ0) is 16.9. The van der Waals surface area contributed by atoms with Crippen molar-refractivity contribution in [3.8, 4) is 5.75 Å². The van der Waals surface area contributed by atoms with Crippen LogP contribution < -0.4 is 11.1 Å². The number of carbonyl (C=O) groups excluding carboxylic acids is 1. The van der Waals surface area contributed by atoms with Crippen LogP contribution in [0.2, 0.25) is 0 Å². The Balaban J connectivity index is 1.78. The molecule has 3 rings (SSSR count). The normalized spacial score (nSPS) is 34.5. The van der Waals surface area contributed by atoms with E-state index in [1.807, 2.05) is 0 Å². The summed E-state index contributed by atoms with van der Waals surface area (Å²) < 4.78 is 0. The van der Waals surface area contributed by atoms with Crippen molar-refractivity contribution in [1.29, 1.82) is 0 Å². The van der Waals surface area contributed by atoms with E-state index in [9.17, 15) is 29.7 Å². The van der Waals surface area contributed by atoms with Gasteiger partial charge in [-0.3, -0.25) is 14.4 Å². The van der Waals surface area contributed by atoms with Crippen LogP contribution in [0.15, 0.2) is 24.3 Å². The molecule has 23 heavy (non-hydrogen) atoms. The van der Waals surface area contributed by atoms with E-state index in [-0.39, 0.29) is 17.7 Å². The number of carboxylic acids is 2. The van der Waals surface area contributed by atoms with E-state index in [1.165, 1.54) is 24.3 Å². The number of carboxylic acid groups (broad SMARTS) is 2. The Bertz CT molecular complexity index is 688. The van der Waals surface area contributed by atoms with Crippen molar-refractivity contribution >= 4 is 17.8 Å². The molecule has 0 aromatic heterocycles. The quantitative estimate of drug-likeness (QED) is 0.507. The highest BCUT2D eigenvalue weighted by Gasteiger charge is 2.74. The van der Waals surface area contributed by atoms with E-state index >= 15 is 0 Å². The summed E-state index contributed by atoms with van der Waals surface area (Å²) in [5.74, 6) is -4.80. The SMILES string of the molecule is N[C@]1(C(=O)O)C[C@@H](NC(=O)c2ccc(O)cc2)[C@@H]2[C@@H](C(=O)O)[C@H]21. The topological polar surface area (TPSA) is 150 Å². The van der Waals surface area contributed by atoms with Gasteiger partial charge in [-0.1, -0.05) is 0 Å². The first-order valence-electron chi connectivity index (χ1n) is 7.10. The summed E-state index contributed by atoms with van der Waals surface area (Å²) in [7, 11) is 0. The highest BCUT2D eigenvalue weighted by atomic mass is 16.4. The number of rotatable bonds is 4. The van der Waals surface area contributed by atoms with E-state index in [0.717, 1.165) is 0 Å². The van der Waals surface area contributed by atoms with Gasteiger partial charge in [-0.2, -0.15) is 0 Å². The maximum absolute atomic E-state index is 12.2. The van der Waals surface area contributed by atoms with E-state index < -0.39 is 47.2 Å². The zero-order valence-electron chi connectivity index (χ0n) is 12.0. The number of carbonyl (C=O) groups is 3. The largest absolute Gasteiger partial charge is 0.508 e. The number of hydrogen-bond donors (Lipinski definition) is 5. The Labute approximate surface area is 130 Å². The highest BCUT2D eigenvalue weighted by molar-refractivity contribution is 5.95. The van der Waals surface area contributed by atoms with E-state index in [2.05, 4.69) is 5.32 Å². The Hall–Kier alpha value is -2.61. The minimum absolute atomic E-state index is 0.00866. The molecular formula is C15H16N2O6. The maximum atomic E-state index is 12.2. The predicted molar refractivity (Wildman–Crippen MR) is 76.6 cm³/mol. The standard InChI is InChI=1S/C15H16N2O6/c16-15(14(22)23)5-8(9-10(11(9)15)13(20)21)17-12(19)6-1-3-7(18)4-2-6/h1-4,8-11,18H,5,16H2,(H,17,19)(H,20,21)(H,22,23)/t8-,9-,10-,11+,15-/m1/s1. The van der Waals surface area contributed by atoms with Gasteiger partial charge in [-0.25, -0.2) is 0 Å². The number of nitrogens with two attached hydrogens (primary N) is 1. The second-order valence-electron chi connectivity index (χ2n) is 6.14. The molecule has 1 aromatic rings. The molecule has 0 spiro atoms. The van der Waals surface area contributed by atoms with Crippen molar-refractivity contribution in [2.24, 2.45) is 23.5 Å². The van der Waals surface area contributed by atoms with Gasteiger partial charge in [0.05, 0.1) is 5.92 Å². The molecule has 1 aromatic carbocycles. The van der Waals surface area contributed by atoms with Gasteiger partial charge in [-0.15, -0.1) is 0 Å². The lowest BCUT2D eigenvalue weighted by molar-refractivity contribution is -0.145. The number of benzene rings is 1. The lowest BCUT2D eigenvalue weighted by Gasteiger charge is -2.25. The number of phenolic OH excluding ortho intramolecular Hbond substituents is 1. The smallest absolute Gasteiger partial charge is 0.324 e. The van der Waals surface area contributed by atoms with Crippen LogP contribution in [0.1, 0.15) is 16.8 Å². The second kappa shape index (κ2) is 4.95. The maximum Gasteiger partial charge on any atom is 0.324 e. The van der Waals surface area contributed by atoms with Crippen molar-refractivity contribution in [3.63, 3.8) is 0 Å². The summed E-state index contributed by atoms with van der Waals surface area (Å²) >= 11 is 0. The first-order chi connectivity index (χ1) is 10.8. The third kappa shape index (κ3) is 2.31. The number of aromatic hydroxyl groups is 1. The monoisotopic (exact) mass is 320 g/mol. The van der Waals surface area contributed by atoms with Crippen LogP contribution >= 0.6 is 0 Å². The van der Waals surface area contributed by atoms with Crippen molar-refractivity contribution in [2.45, 2.75) is 18.0 Å². The minimum Gasteiger partial charge on any atom is -0.508 e. The molecule has 2 aliphatic carbocycles. The predicted octanol–water partition coefficient (Wildman–Crippen LogP) is -0.377. The Morgan fingerprint density at radius 3 is 2.30 bits per heavy atom. The lowest BCUT2D eigenvalue weighted by Crippen LogP contribution is -2.52. The van der Waals surface area contributed by atoms with Gasteiger partial charge in [0.15, 0.2) is 0 Å². The second-order valence-corrected chi connectivity index (χ2v) is 6.14. The lowest BCUT2D eigenvalue weighted by atomic mass is 9.90. The summed E-state index contributed by atoms with van der Waals surface area (Å²) in [4.78, 5) is 34.8. The molecule has 0 heterocycles. The molecule has 0 unspecified atom stereocenters.